The summed E-state index contributed by atoms with van der Waals surface area (Å²) in [6, 6.07) is 0.731. The first-order chi connectivity index (χ1) is 7.74. The van der Waals surface area contributed by atoms with Gasteiger partial charge in [0.05, 0.1) is 5.88 Å². The van der Waals surface area contributed by atoms with Gasteiger partial charge < -0.3 is 9.84 Å². The summed E-state index contributed by atoms with van der Waals surface area (Å²) in [4.78, 5) is 23.5. The Bertz CT molecular complexity index is 497. The first-order valence-electron chi connectivity index (χ1n) is 4.06. The highest BCUT2D eigenvalue weighted by atomic mass is 35.5. The summed E-state index contributed by atoms with van der Waals surface area (Å²) in [6.45, 7) is 0. The predicted molar refractivity (Wildman–Crippen MR) is 50.3 cm³/mol. The molecule has 0 saturated heterocycles. The van der Waals surface area contributed by atoms with Crippen molar-refractivity contribution >= 4 is 17.6 Å². The summed E-state index contributed by atoms with van der Waals surface area (Å²) in [5, 5.41) is 8.66. The minimum Gasteiger partial charge on any atom is -0.477 e. The van der Waals surface area contributed by atoms with E-state index in [1.165, 1.54) is 0 Å². The number of aromatic amines is 1. The average molecular weight is 272 g/mol. The van der Waals surface area contributed by atoms with Gasteiger partial charge in [-0.1, -0.05) is 0 Å². The van der Waals surface area contributed by atoms with Crippen LogP contribution in [0, 0.1) is 0 Å². The van der Waals surface area contributed by atoms with Crippen molar-refractivity contribution in [1.82, 2.24) is 4.98 Å². The van der Waals surface area contributed by atoms with E-state index in [1.54, 1.807) is 4.98 Å². The number of alkyl halides is 4. The van der Waals surface area contributed by atoms with Crippen LogP contribution < -0.4 is 10.3 Å². The number of H-pyrrole nitrogens is 1. The summed E-state index contributed by atoms with van der Waals surface area (Å²) < 4.78 is 39.2. The van der Waals surface area contributed by atoms with E-state index >= 15 is 0 Å². The number of halogens is 4. The van der Waals surface area contributed by atoms with Crippen LogP contribution in [-0.2, 0) is 5.88 Å². The highest BCUT2D eigenvalue weighted by molar-refractivity contribution is 6.17. The van der Waals surface area contributed by atoms with Gasteiger partial charge in [0.1, 0.15) is 5.56 Å². The second kappa shape index (κ2) is 4.66. The Morgan fingerprint density at radius 2 is 2.12 bits per heavy atom. The molecule has 0 bridgehead atoms. The van der Waals surface area contributed by atoms with E-state index in [0.29, 0.717) is 0 Å². The van der Waals surface area contributed by atoms with Crippen molar-refractivity contribution in [3.63, 3.8) is 0 Å². The highest BCUT2D eigenvalue weighted by Crippen LogP contribution is 2.24. The second-order valence-electron chi connectivity index (χ2n) is 2.85. The van der Waals surface area contributed by atoms with Crippen molar-refractivity contribution in [2.75, 3.05) is 0 Å². The van der Waals surface area contributed by atoms with Gasteiger partial charge in [-0.15, -0.1) is 24.8 Å². The van der Waals surface area contributed by atoms with Crippen LogP contribution in [0.5, 0.6) is 5.88 Å². The molecule has 0 fully saturated rings. The van der Waals surface area contributed by atoms with Crippen LogP contribution in [0.4, 0.5) is 13.2 Å². The fraction of sp³-hybridized carbons (Fsp3) is 0.250. The van der Waals surface area contributed by atoms with Gasteiger partial charge in [-0.3, -0.25) is 9.78 Å². The molecule has 17 heavy (non-hydrogen) atoms. The van der Waals surface area contributed by atoms with E-state index in [4.69, 9.17) is 16.7 Å². The topological polar surface area (TPSA) is 79.4 Å². The molecule has 1 heterocycles. The lowest BCUT2D eigenvalue weighted by atomic mass is 10.2. The molecule has 0 atom stereocenters. The maximum atomic E-state index is 11.9. The number of ether oxygens (including phenoxy) is 1. The molecule has 0 saturated carbocycles. The molecular weight excluding hydrogens is 267 g/mol. The molecule has 0 aliphatic rings. The van der Waals surface area contributed by atoms with Crippen molar-refractivity contribution in [3.05, 3.63) is 27.5 Å². The Morgan fingerprint density at radius 3 is 2.53 bits per heavy atom. The van der Waals surface area contributed by atoms with Crippen LogP contribution in [0.1, 0.15) is 15.9 Å². The number of aromatic carboxylic acids is 1. The van der Waals surface area contributed by atoms with Crippen molar-refractivity contribution in [3.8, 4) is 5.88 Å². The molecule has 0 aromatic carbocycles. The molecule has 1 rings (SSSR count). The third-order valence-electron chi connectivity index (χ3n) is 1.67. The van der Waals surface area contributed by atoms with Crippen molar-refractivity contribution in [1.29, 1.82) is 0 Å². The summed E-state index contributed by atoms with van der Waals surface area (Å²) in [7, 11) is 0. The molecule has 0 spiro atoms. The molecule has 0 aliphatic heterocycles. The molecule has 0 radical (unpaired) electrons. The molecule has 9 heteroatoms. The maximum absolute atomic E-state index is 11.9. The highest BCUT2D eigenvalue weighted by Gasteiger charge is 2.34. The Balaban J connectivity index is 3.33. The lowest BCUT2D eigenvalue weighted by Gasteiger charge is -2.11. The van der Waals surface area contributed by atoms with Gasteiger partial charge in [0.15, 0.2) is 0 Å². The normalized spacial score (nSPS) is 11.3. The Kier molecular flexibility index (Phi) is 3.66. The van der Waals surface area contributed by atoms with Crippen LogP contribution in [0.15, 0.2) is 10.9 Å². The Labute approximate surface area is 96.8 Å². The fourth-order valence-corrected chi connectivity index (χ4v) is 1.21. The zero-order valence-electron chi connectivity index (χ0n) is 7.97. The predicted octanol–water partition coefficient (Wildman–Crippen LogP) is 1.71. The number of pyridine rings is 1. The number of carboxylic acids is 1. The lowest BCUT2D eigenvalue weighted by molar-refractivity contribution is -0.276. The number of nitrogens with one attached hydrogen (secondary N) is 1. The van der Waals surface area contributed by atoms with E-state index in [2.05, 4.69) is 4.74 Å². The first-order valence-corrected chi connectivity index (χ1v) is 4.59. The van der Waals surface area contributed by atoms with Crippen LogP contribution in [0.3, 0.4) is 0 Å². The standard InChI is InChI=1S/C8H5ClF3NO4/c9-2-3-1-4(7(15)16)6(13-5(3)14)17-8(10,11)12/h1H,2H2,(H,13,14)(H,15,16). The van der Waals surface area contributed by atoms with E-state index in [9.17, 15) is 22.8 Å². The molecule has 5 nitrogen and oxygen atoms in total. The van der Waals surface area contributed by atoms with Crippen molar-refractivity contribution < 1.29 is 27.8 Å². The number of carboxylic acid groups (broad SMARTS) is 1. The van der Waals surface area contributed by atoms with Crippen LogP contribution in [0.25, 0.3) is 0 Å². The van der Waals surface area contributed by atoms with Gasteiger partial charge in [-0.2, -0.15) is 0 Å². The summed E-state index contributed by atoms with van der Waals surface area (Å²) in [6.07, 6.45) is -5.10. The largest absolute Gasteiger partial charge is 0.574 e. The molecule has 2 N–H and O–H groups in total. The van der Waals surface area contributed by atoms with Gasteiger partial charge in [-0.05, 0) is 6.07 Å². The maximum Gasteiger partial charge on any atom is 0.574 e. The van der Waals surface area contributed by atoms with Gasteiger partial charge in [0, 0.05) is 5.56 Å². The van der Waals surface area contributed by atoms with Crippen molar-refractivity contribution in [2.24, 2.45) is 0 Å². The summed E-state index contributed by atoms with van der Waals surface area (Å²) >= 11 is 5.32. The van der Waals surface area contributed by atoms with Crippen LogP contribution >= 0.6 is 11.6 Å². The molecule has 1 aromatic rings. The second-order valence-corrected chi connectivity index (χ2v) is 3.12. The fourth-order valence-electron chi connectivity index (χ4n) is 1.01. The zero-order valence-corrected chi connectivity index (χ0v) is 8.72. The van der Waals surface area contributed by atoms with E-state index in [1.807, 2.05) is 0 Å². The number of carbonyl (C=O) groups is 1. The average Bonchev–Trinajstić information content (AvgIpc) is 2.14. The quantitative estimate of drug-likeness (QED) is 0.820. The smallest absolute Gasteiger partial charge is 0.477 e. The summed E-state index contributed by atoms with van der Waals surface area (Å²) in [5.74, 6) is -3.18. The number of aromatic nitrogens is 1. The van der Waals surface area contributed by atoms with Crippen LogP contribution in [-0.4, -0.2) is 22.4 Å². The SMILES string of the molecule is O=C(O)c1cc(CCl)c(=O)[nH]c1OC(F)(F)F. The molecular formula is C8H5ClF3NO4. The van der Waals surface area contributed by atoms with Gasteiger partial charge in [-0.25, -0.2) is 4.79 Å². The molecule has 0 amide bonds. The van der Waals surface area contributed by atoms with Gasteiger partial charge in [0.25, 0.3) is 5.56 Å². The van der Waals surface area contributed by atoms with E-state index < -0.39 is 29.3 Å². The minimum atomic E-state index is -5.10. The lowest BCUT2D eigenvalue weighted by Crippen LogP contribution is -2.23. The summed E-state index contributed by atoms with van der Waals surface area (Å²) in [5.41, 5.74) is -1.93. The van der Waals surface area contributed by atoms with E-state index in [-0.39, 0.29) is 11.4 Å². The Morgan fingerprint density at radius 1 is 1.53 bits per heavy atom. The molecule has 1 aromatic heterocycles. The number of rotatable bonds is 3. The molecule has 94 valence electrons. The van der Waals surface area contributed by atoms with Gasteiger partial charge >= 0.3 is 12.3 Å². The number of hydrogen-bond donors (Lipinski definition) is 2. The zero-order chi connectivity index (χ0) is 13.2. The number of hydrogen-bond acceptors (Lipinski definition) is 3. The van der Waals surface area contributed by atoms with Gasteiger partial charge in [0.2, 0.25) is 5.88 Å². The first kappa shape index (κ1) is 13.4. The van der Waals surface area contributed by atoms with E-state index in [0.717, 1.165) is 6.07 Å². The van der Waals surface area contributed by atoms with Crippen molar-refractivity contribution in [2.45, 2.75) is 12.2 Å². The minimum absolute atomic E-state index is 0.168. The molecule has 0 unspecified atom stereocenters. The third-order valence-corrected chi connectivity index (χ3v) is 1.96. The Hall–Kier alpha value is -1.70. The molecule has 0 aliphatic carbocycles. The third kappa shape index (κ3) is 3.38. The van der Waals surface area contributed by atoms with Crippen LogP contribution in [0.2, 0.25) is 0 Å². The monoisotopic (exact) mass is 271 g/mol.